The van der Waals surface area contributed by atoms with Crippen LogP contribution in [0.2, 0.25) is 0 Å². The molecule has 1 aliphatic heterocycles. The maximum absolute atomic E-state index is 3.26. The lowest BCUT2D eigenvalue weighted by Gasteiger charge is -2.18. The minimum atomic E-state index is 1.18. The molecule has 0 saturated heterocycles. The molecule has 1 N–H and O–H groups in total. The fourth-order valence-corrected chi connectivity index (χ4v) is 2.91. The fraction of sp³-hybridized carbons (Fsp3) is 0.429. The maximum Gasteiger partial charge on any atom is 0.0519 e. The van der Waals surface area contributed by atoms with Gasteiger partial charge in [0.15, 0.2) is 0 Å². The first-order chi connectivity index (χ1) is 7.72. The summed E-state index contributed by atoms with van der Waals surface area (Å²) < 4.78 is 2.49. The van der Waals surface area contributed by atoms with Crippen LogP contribution in [0.15, 0.2) is 12.1 Å². The van der Waals surface area contributed by atoms with E-state index < -0.39 is 0 Å². The molecule has 1 aromatic heterocycles. The van der Waals surface area contributed by atoms with E-state index in [4.69, 9.17) is 0 Å². The van der Waals surface area contributed by atoms with Crippen LogP contribution in [0.5, 0.6) is 0 Å². The van der Waals surface area contributed by atoms with Crippen LogP contribution >= 0.6 is 0 Å². The molecule has 0 spiro atoms. The number of nitrogens with one attached hydrogen (secondary N) is 1. The molecular weight excluding hydrogens is 196 g/mol. The van der Waals surface area contributed by atoms with Crippen molar-refractivity contribution >= 4 is 16.6 Å². The van der Waals surface area contributed by atoms with Gasteiger partial charge in [0.2, 0.25) is 0 Å². The highest BCUT2D eigenvalue weighted by Crippen LogP contribution is 2.34. The topological polar surface area (TPSA) is 17.0 Å². The first kappa shape index (κ1) is 9.76. The lowest BCUT2D eigenvalue weighted by Crippen LogP contribution is -2.09. The number of benzene rings is 1. The van der Waals surface area contributed by atoms with Gasteiger partial charge in [-0.3, -0.25) is 0 Å². The van der Waals surface area contributed by atoms with Crippen LogP contribution in [0.25, 0.3) is 10.9 Å². The van der Waals surface area contributed by atoms with E-state index in [9.17, 15) is 0 Å². The number of hydrogen-bond donors (Lipinski definition) is 1. The average Bonchev–Trinajstić information content (AvgIpc) is 2.56. The Labute approximate surface area is 96.3 Å². The van der Waals surface area contributed by atoms with Crippen LogP contribution in [0.4, 0.5) is 5.69 Å². The minimum absolute atomic E-state index is 1.18. The zero-order valence-corrected chi connectivity index (χ0v) is 10.2. The molecule has 16 heavy (non-hydrogen) atoms. The zero-order valence-electron chi connectivity index (χ0n) is 10.2. The van der Waals surface area contributed by atoms with Crippen LogP contribution in [-0.4, -0.2) is 11.6 Å². The molecule has 0 atom stereocenters. The van der Waals surface area contributed by atoms with Gasteiger partial charge in [-0.25, -0.2) is 0 Å². The molecule has 2 aromatic rings. The van der Waals surface area contributed by atoms with E-state index in [0.29, 0.717) is 0 Å². The zero-order chi connectivity index (χ0) is 11.3. The van der Waals surface area contributed by atoms with Crippen molar-refractivity contribution in [2.24, 2.45) is 0 Å². The molecular formula is C14H18N2. The van der Waals surface area contributed by atoms with Gasteiger partial charge in [-0.1, -0.05) is 0 Å². The quantitative estimate of drug-likeness (QED) is 0.771. The van der Waals surface area contributed by atoms with Crippen molar-refractivity contribution in [2.75, 3.05) is 12.4 Å². The first-order valence-electron chi connectivity index (χ1n) is 6.02. The predicted molar refractivity (Wildman–Crippen MR) is 69.3 cm³/mol. The normalized spacial score (nSPS) is 14.4. The van der Waals surface area contributed by atoms with Crippen molar-refractivity contribution in [3.8, 4) is 0 Å². The van der Waals surface area contributed by atoms with Crippen LogP contribution < -0.4 is 5.32 Å². The molecule has 0 unspecified atom stereocenters. The number of aryl methyl sites for hydroxylation is 3. The van der Waals surface area contributed by atoms with E-state index in [1.165, 1.54) is 52.8 Å². The molecule has 2 nitrogen and oxygen atoms in total. The van der Waals surface area contributed by atoms with Crippen molar-refractivity contribution in [3.05, 3.63) is 29.0 Å². The molecule has 0 saturated carbocycles. The van der Waals surface area contributed by atoms with E-state index in [0.717, 1.165) is 0 Å². The van der Waals surface area contributed by atoms with Gasteiger partial charge >= 0.3 is 0 Å². The van der Waals surface area contributed by atoms with Gasteiger partial charge in [0.1, 0.15) is 0 Å². The van der Waals surface area contributed by atoms with Crippen molar-refractivity contribution in [2.45, 2.75) is 33.2 Å². The molecule has 0 aliphatic carbocycles. The van der Waals surface area contributed by atoms with Crippen LogP contribution in [0, 0.1) is 13.8 Å². The number of anilines is 1. The summed E-state index contributed by atoms with van der Waals surface area (Å²) in [7, 11) is 2.00. The van der Waals surface area contributed by atoms with Gasteiger partial charge in [0.05, 0.1) is 5.52 Å². The van der Waals surface area contributed by atoms with E-state index in [1.54, 1.807) is 0 Å². The Bertz CT molecular complexity index is 564. The third kappa shape index (κ3) is 1.13. The van der Waals surface area contributed by atoms with Gasteiger partial charge in [0.25, 0.3) is 0 Å². The van der Waals surface area contributed by atoms with Gasteiger partial charge in [-0.2, -0.15) is 0 Å². The summed E-state index contributed by atoms with van der Waals surface area (Å²) in [5, 5.41) is 4.69. The van der Waals surface area contributed by atoms with Crippen LogP contribution in [-0.2, 0) is 13.0 Å². The van der Waals surface area contributed by atoms with Crippen molar-refractivity contribution in [1.29, 1.82) is 0 Å². The average molecular weight is 214 g/mol. The van der Waals surface area contributed by atoms with Gasteiger partial charge in [-0.15, -0.1) is 0 Å². The Kier molecular flexibility index (Phi) is 2.00. The van der Waals surface area contributed by atoms with E-state index >= 15 is 0 Å². The van der Waals surface area contributed by atoms with E-state index in [-0.39, 0.29) is 0 Å². The van der Waals surface area contributed by atoms with Crippen molar-refractivity contribution in [3.63, 3.8) is 0 Å². The molecule has 0 radical (unpaired) electrons. The smallest absolute Gasteiger partial charge is 0.0519 e. The highest BCUT2D eigenvalue weighted by atomic mass is 15.0. The SMILES string of the molecule is CNc1cc2c3c(c1)c(C)c(C)n3CCC2. The molecule has 1 aromatic carbocycles. The summed E-state index contributed by atoms with van der Waals surface area (Å²) in [6.07, 6.45) is 2.49. The monoisotopic (exact) mass is 214 g/mol. The number of nitrogens with zero attached hydrogens (tertiary/aromatic N) is 1. The number of hydrogen-bond acceptors (Lipinski definition) is 1. The first-order valence-corrected chi connectivity index (χ1v) is 6.02. The van der Waals surface area contributed by atoms with E-state index in [2.05, 4.69) is 35.9 Å². The second-order valence-corrected chi connectivity index (χ2v) is 4.75. The summed E-state index contributed by atoms with van der Waals surface area (Å²) in [4.78, 5) is 0. The Morgan fingerprint density at radius 1 is 1.25 bits per heavy atom. The summed E-state index contributed by atoms with van der Waals surface area (Å²) in [6, 6.07) is 4.58. The molecule has 0 amide bonds. The maximum atomic E-state index is 3.26. The standard InChI is InChI=1S/C14H18N2/c1-9-10(2)16-6-4-5-11-7-12(15-3)8-13(9)14(11)16/h7-8,15H,4-6H2,1-3H3. The Balaban J connectivity index is 2.45. The summed E-state index contributed by atoms with van der Waals surface area (Å²) >= 11 is 0. The molecule has 84 valence electrons. The van der Waals surface area contributed by atoms with Gasteiger partial charge in [0, 0.05) is 30.4 Å². The summed E-state index contributed by atoms with van der Waals surface area (Å²) in [6.45, 7) is 5.66. The molecule has 1 aliphatic rings. The highest BCUT2D eigenvalue weighted by Gasteiger charge is 2.18. The molecule has 2 heteroatoms. The van der Waals surface area contributed by atoms with E-state index in [1.807, 2.05) is 7.05 Å². The number of rotatable bonds is 1. The van der Waals surface area contributed by atoms with Crippen LogP contribution in [0.1, 0.15) is 23.2 Å². The second kappa shape index (κ2) is 3.27. The molecule has 2 heterocycles. The van der Waals surface area contributed by atoms with Gasteiger partial charge in [-0.05, 0) is 49.9 Å². The fourth-order valence-electron chi connectivity index (χ4n) is 2.91. The predicted octanol–water partition coefficient (Wildman–Crippen LogP) is 3.25. The van der Waals surface area contributed by atoms with Crippen LogP contribution in [0.3, 0.4) is 0 Å². The minimum Gasteiger partial charge on any atom is -0.388 e. The van der Waals surface area contributed by atoms with Crippen molar-refractivity contribution < 1.29 is 0 Å². The second-order valence-electron chi connectivity index (χ2n) is 4.75. The summed E-state index contributed by atoms with van der Waals surface area (Å²) in [5.74, 6) is 0. The van der Waals surface area contributed by atoms with Gasteiger partial charge < -0.3 is 9.88 Å². The summed E-state index contributed by atoms with van der Waals surface area (Å²) in [5.41, 5.74) is 7.09. The number of aromatic nitrogens is 1. The Hall–Kier alpha value is -1.44. The Morgan fingerprint density at radius 2 is 2.06 bits per heavy atom. The third-order valence-corrected chi connectivity index (χ3v) is 3.93. The highest BCUT2D eigenvalue weighted by molar-refractivity contribution is 5.91. The molecule has 0 bridgehead atoms. The third-order valence-electron chi connectivity index (χ3n) is 3.93. The largest absolute Gasteiger partial charge is 0.388 e. The molecule has 0 fully saturated rings. The lowest BCUT2D eigenvalue weighted by molar-refractivity contribution is 0.622. The lowest BCUT2D eigenvalue weighted by atomic mass is 10.0. The molecule has 3 rings (SSSR count). The Morgan fingerprint density at radius 3 is 2.81 bits per heavy atom. The van der Waals surface area contributed by atoms with Crippen molar-refractivity contribution in [1.82, 2.24) is 4.57 Å².